The van der Waals surface area contributed by atoms with Crippen molar-refractivity contribution in [1.29, 1.82) is 0 Å². The fourth-order valence-electron chi connectivity index (χ4n) is 4.62. The molecule has 2 atom stereocenters. The molecule has 4 rings (SSSR count). The monoisotopic (exact) mass is 465 g/mol. The van der Waals surface area contributed by atoms with E-state index in [2.05, 4.69) is 6.92 Å². The molecule has 1 aliphatic rings. The lowest BCUT2D eigenvalue weighted by Gasteiger charge is -2.38. The third-order valence-corrected chi connectivity index (χ3v) is 6.22. The van der Waals surface area contributed by atoms with E-state index in [9.17, 15) is 9.59 Å². The van der Waals surface area contributed by atoms with Crippen LogP contribution in [0, 0.1) is 5.92 Å². The van der Waals surface area contributed by atoms with Crippen molar-refractivity contribution in [1.82, 2.24) is 9.55 Å². The van der Waals surface area contributed by atoms with E-state index in [0.29, 0.717) is 24.0 Å². The summed E-state index contributed by atoms with van der Waals surface area (Å²) < 4.78 is 18.3. The van der Waals surface area contributed by atoms with Crippen molar-refractivity contribution in [3.05, 3.63) is 48.0 Å². The first-order chi connectivity index (χ1) is 16.5. The van der Waals surface area contributed by atoms with Gasteiger partial charge in [-0.25, -0.2) is 4.98 Å². The predicted molar refractivity (Wildman–Crippen MR) is 129 cm³/mol. The minimum absolute atomic E-state index is 0.189. The normalized spacial score (nSPS) is 17.5. The molecule has 2 heterocycles. The van der Waals surface area contributed by atoms with E-state index >= 15 is 0 Å². The van der Waals surface area contributed by atoms with Crippen LogP contribution in [-0.2, 0) is 14.3 Å². The molecule has 0 spiro atoms. The molecule has 8 heteroatoms. The highest BCUT2D eigenvalue weighted by Crippen LogP contribution is 2.43. The largest absolute Gasteiger partial charge is 0.493 e. The third kappa shape index (κ3) is 4.08. The molecule has 0 aliphatic carbocycles. The molecule has 34 heavy (non-hydrogen) atoms. The number of fused-ring (bicyclic) bond motifs is 3. The number of esters is 1. The van der Waals surface area contributed by atoms with Crippen LogP contribution in [0.2, 0.25) is 0 Å². The Kier molecular flexibility index (Phi) is 7.05. The van der Waals surface area contributed by atoms with Crippen molar-refractivity contribution >= 4 is 28.9 Å². The number of ether oxygens (including phenoxy) is 3. The van der Waals surface area contributed by atoms with Crippen molar-refractivity contribution in [2.45, 2.75) is 39.2 Å². The molecule has 8 nitrogen and oxygen atoms in total. The maximum Gasteiger partial charge on any atom is 0.321 e. The Balaban J connectivity index is 1.95. The molecule has 0 fully saturated rings. The Morgan fingerprint density at radius 2 is 1.79 bits per heavy atom. The van der Waals surface area contributed by atoms with Crippen LogP contribution >= 0.6 is 0 Å². The number of anilines is 1. The standard InChI is InChI=1S/C26H31N3O5/c1-5-7-10-15-28-24(30)22(25(31)34-6-2)23(17-13-14-20(32-3)21(16-17)33-4)29-19-12-9-8-11-18(19)27-26(28)29/h8-9,11-14,16,22-23H,5-7,10,15H2,1-4H3/t22-,23-/m0/s1. The van der Waals surface area contributed by atoms with Gasteiger partial charge in [0, 0.05) is 6.54 Å². The van der Waals surface area contributed by atoms with Crippen LogP contribution in [0.15, 0.2) is 42.5 Å². The molecule has 0 saturated carbocycles. The van der Waals surface area contributed by atoms with Gasteiger partial charge in [0.2, 0.25) is 11.9 Å². The second-order valence-electron chi connectivity index (χ2n) is 8.26. The molecule has 0 radical (unpaired) electrons. The molecule has 3 aromatic rings. The van der Waals surface area contributed by atoms with Crippen molar-refractivity contribution in [2.24, 2.45) is 5.92 Å². The Morgan fingerprint density at radius 3 is 2.50 bits per heavy atom. The highest BCUT2D eigenvalue weighted by molar-refractivity contribution is 6.08. The van der Waals surface area contributed by atoms with Gasteiger partial charge >= 0.3 is 5.97 Å². The molecule has 180 valence electrons. The van der Waals surface area contributed by atoms with Gasteiger partial charge in [0.15, 0.2) is 17.4 Å². The van der Waals surface area contributed by atoms with Crippen LogP contribution in [0.1, 0.15) is 44.7 Å². The van der Waals surface area contributed by atoms with Gasteiger partial charge in [-0.3, -0.25) is 14.5 Å². The number of nitrogens with zero attached hydrogens (tertiary/aromatic N) is 3. The number of aromatic nitrogens is 2. The Hall–Kier alpha value is -3.55. The van der Waals surface area contributed by atoms with Gasteiger partial charge in [0.25, 0.3) is 0 Å². The van der Waals surface area contributed by atoms with Crippen LogP contribution in [0.4, 0.5) is 5.95 Å². The highest BCUT2D eigenvalue weighted by atomic mass is 16.5. The number of benzene rings is 2. The van der Waals surface area contributed by atoms with Gasteiger partial charge in [-0.1, -0.05) is 38.0 Å². The molecule has 0 saturated heterocycles. The lowest BCUT2D eigenvalue weighted by atomic mass is 9.89. The van der Waals surface area contributed by atoms with Crippen LogP contribution < -0.4 is 14.4 Å². The number of hydrogen-bond acceptors (Lipinski definition) is 6. The first-order valence-corrected chi connectivity index (χ1v) is 11.7. The Bertz CT molecular complexity index is 1190. The SMILES string of the molecule is CCCCCN1C(=O)[C@@H](C(=O)OCC)[C@H](c2ccc(OC)c(OC)c2)n2c1nc1ccccc12. The summed E-state index contributed by atoms with van der Waals surface area (Å²) in [7, 11) is 3.13. The average Bonchev–Trinajstić information content (AvgIpc) is 3.23. The van der Waals surface area contributed by atoms with E-state index in [0.717, 1.165) is 35.9 Å². The summed E-state index contributed by atoms with van der Waals surface area (Å²) in [5, 5.41) is 0. The molecule has 0 unspecified atom stereocenters. The number of carbonyl (C=O) groups is 2. The zero-order valence-electron chi connectivity index (χ0n) is 20.1. The summed E-state index contributed by atoms with van der Waals surface area (Å²) in [4.78, 5) is 33.6. The zero-order valence-corrected chi connectivity index (χ0v) is 20.1. The van der Waals surface area contributed by atoms with Crippen molar-refractivity contribution in [3.8, 4) is 11.5 Å². The van der Waals surface area contributed by atoms with Crippen molar-refractivity contribution in [2.75, 3.05) is 32.3 Å². The summed E-state index contributed by atoms with van der Waals surface area (Å²) >= 11 is 0. The van der Waals surface area contributed by atoms with Crippen LogP contribution in [-0.4, -0.2) is 48.8 Å². The summed E-state index contributed by atoms with van der Waals surface area (Å²) in [5.41, 5.74) is 2.35. The summed E-state index contributed by atoms with van der Waals surface area (Å²) in [6, 6.07) is 12.5. The number of hydrogen-bond donors (Lipinski definition) is 0. The smallest absolute Gasteiger partial charge is 0.321 e. The summed E-state index contributed by atoms with van der Waals surface area (Å²) in [6.45, 7) is 4.54. The number of amides is 1. The quantitative estimate of drug-likeness (QED) is 0.265. The maximum atomic E-state index is 13.9. The Labute approximate surface area is 199 Å². The van der Waals surface area contributed by atoms with Gasteiger partial charge in [0.1, 0.15) is 0 Å². The number of para-hydroxylation sites is 2. The summed E-state index contributed by atoms with van der Waals surface area (Å²) in [5.74, 6) is -0.259. The molecule has 0 bridgehead atoms. The first kappa shape index (κ1) is 23.6. The molecule has 1 aliphatic heterocycles. The topological polar surface area (TPSA) is 82.9 Å². The van der Waals surface area contributed by atoms with Gasteiger partial charge < -0.3 is 18.8 Å². The highest BCUT2D eigenvalue weighted by Gasteiger charge is 2.47. The molecular weight excluding hydrogens is 434 g/mol. The minimum Gasteiger partial charge on any atom is -0.493 e. The van der Waals surface area contributed by atoms with Gasteiger partial charge in [-0.05, 0) is 43.2 Å². The van der Waals surface area contributed by atoms with E-state index in [1.807, 2.05) is 41.0 Å². The van der Waals surface area contributed by atoms with E-state index in [1.54, 1.807) is 32.1 Å². The molecule has 2 aromatic carbocycles. The number of rotatable bonds is 9. The lowest BCUT2D eigenvalue weighted by molar-refractivity contribution is -0.153. The second-order valence-corrected chi connectivity index (χ2v) is 8.26. The molecule has 1 amide bonds. The van der Waals surface area contributed by atoms with E-state index in [1.165, 1.54) is 0 Å². The number of imidazole rings is 1. The summed E-state index contributed by atoms with van der Waals surface area (Å²) in [6.07, 6.45) is 2.82. The predicted octanol–water partition coefficient (Wildman–Crippen LogP) is 4.36. The molecule has 0 N–H and O–H groups in total. The second kappa shape index (κ2) is 10.2. The van der Waals surface area contributed by atoms with Gasteiger partial charge in [-0.2, -0.15) is 0 Å². The number of methoxy groups -OCH3 is 2. The fraction of sp³-hybridized carbons (Fsp3) is 0.423. The number of unbranched alkanes of at least 4 members (excludes halogenated alkanes) is 2. The number of carbonyl (C=O) groups excluding carboxylic acids is 2. The maximum absolute atomic E-state index is 13.9. The van der Waals surface area contributed by atoms with Crippen molar-refractivity contribution in [3.63, 3.8) is 0 Å². The molecular formula is C26H31N3O5. The van der Waals surface area contributed by atoms with E-state index in [-0.39, 0.29) is 12.5 Å². The van der Waals surface area contributed by atoms with Gasteiger partial charge in [0.05, 0.1) is 37.9 Å². The average molecular weight is 466 g/mol. The van der Waals surface area contributed by atoms with Crippen LogP contribution in [0.3, 0.4) is 0 Å². The van der Waals surface area contributed by atoms with Crippen LogP contribution in [0.25, 0.3) is 11.0 Å². The third-order valence-electron chi connectivity index (χ3n) is 6.22. The Morgan fingerprint density at radius 1 is 1.03 bits per heavy atom. The van der Waals surface area contributed by atoms with E-state index in [4.69, 9.17) is 19.2 Å². The van der Waals surface area contributed by atoms with Crippen LogP contribution in [0.5, 0.6) is 11.5 Å². The van der Waals surface area contributed by atoms with Gasteiger partial charge in [-0.15, -0.1) is 0 Å². The van der Waals surface area contributed by atoms with Crippen molar-refractivity contribution < 1.29 is 23.8 Å². The van der Waals surface area contributed by atoms with E-state index < -0.39 is 17.9 Å². The first-order valence-electron chi connectivity index (χ1n) is 11.7. The lowest BCUT2D eigenvalue weighted by Crippen LogP contribution is -2.50. The fourth-order valence-corrected chi connectivity index (χ4v) is 4.62. The zero-order chi connectivity index (χ0) is 24.2. The molecule has 1 aromatic heterocycles. The minimum atomic E-state index is -1.05.